The summed E-state index contributed by atoms with van der Waals surface area (Å²) in [6, 6.07) is 7.73. The Balaban J connectivity index is 2.10. The van der Waals surface area contributed by atoms with Crippen LogP contribution in [0.15, 0.2) is 36.5 Å². The second-order valence-electron chi connectivity index (χ2n) is 6.44. The number of nitrogens with zero attached hydrogens (tertiary/aromatic N) is 2. The van der Waals surface area contributed by atoms with Gasteiger partial charge < -0.3 is 15.3 Å². The van der Waals surface area contributed by atoms with Gasteiger partial charge >= 0.3 is 0 Å². The molecular weight excluding hydrogens is 321 g/mol. The summed E-state index contributed by atoms with van der Waals surface area (Å²) in [6.45, 7) is 7.88. The highest BCUT2D eigenvalue weighted by molar-refractivity contribution is 5.81. The largest absolute Gasteiger partial charge is 0.504 e. The summed E-state index contributed by atoms with van der Waals surface area (Å²) < 4.78 is 13.3. The number of aromatic nitrogens is 1. The number of benzene rings is 1. The van der Waals surface area contributed by atoms with Gasteiger partial charge in [0.1, 0.15) is 5.82 Å². The molecule has 5 nitrogen and oxygen atoms in total. The standard InChI is InChI=1S/C19H24FN3O2/c1-12(2)23(13(3)4)18(25)11-22-19-17(24)9-15(10-21-19)14-6-5-7-16(20)8-14/h5-10,12-13,24H,11H2,1-4H3,(H,21,22). The Morgan fingerprint density at radius 1 is 1.20 bits per heavy atom. The topological polar surface area (TPSA) is 65.5 Å². The van der Waals surface area contributed by atoms with Crippen LogP contribution in [0.25, 0.3) is 11.1 Å². The number of halogens is 1. The van der Waals surface area contributed by atoms with E-state index < -0.39 is 0 Å². The van der Waals surface area contributed by atoms with Crippen molar-refractivity contribution in [2.24, 2.45) is 0 Å². The minimum Gasteiger partial charge on any atom is -0.504 e. The maximum atomic E-state index is 13.3. The van der Waals surface area contributed by atoms with Crippen molar-refractivity contribution in [1.82, 2.24) is 9.88 Å². The minimum absolute atomic E-state index is 0.0379. The summed E-state index contributed by atoms with van der Waals surface area (Å²) in [4.78, 5) is 18.3. The number of carbonyl (C=O) groups is 1. The Hall–Kier alpha value is -2.63. The maximum Gasteiger partial charge on any atom is 0.242 e. The number of rotatable bonds is 6. The number of hydrogen-bond donors (Lipinski definition) is 2. The maximum absolute atomic E-state index is 13.3. The first kappa shape index (κ1) is 18.7. The van der Waals surface area contributed by atoms with Gasteiger partial charge in [0.05, 0.1) is 6.54 Å². The lowest BCUT2D eigenvalue weighted by Gasteiger charge is -2.31. The van der Waals surface area contributed by atoms with Crippen LogP contribution in [0.5, 0.6) is 5.75 Å². The summed E-state index contributed by atoms with van der Waals surface area (Å²) in [5.74, 6) is -0.288. The second-order valence-corrected chi connectivity index (χ2v) is 6.44. The first-order valence-electron chi connectivity index (χ1n) is 8.29. The smallest absolute Gasteiger partial charge is 0.242 e. The van der Waals surface area contributed by atoms with E-state index in [1.807, 2.05) is 27.7 Å². The molecule has 134 valence electrons. The highest BCUT2D eigenvalue weighted by Gasteiger charge is 2.20. The number of aromatic hydroxyl groups is 1. The number of carbonyl (C=O) groups excluding carboxylic acids is 1. The van der Waals surface area contributed by atoms with Gasteiger partial charge in [-0.15, -0.1) is 0 Å². The van der Waals surface area contributed by atoms with Crippen molar-refractivity contribution in [1.29, 1.82) is 0 Å². The van der Waals surface area contributed by atoms with E-state index in [0.717, 1.165) is 0 Å². The molecule has 0 aliphatic heterocycles. The molecule has 0 spiro atoms. The predicted octanol–water partition coefficient (Wildman–Crippen LogP) is 3.65. The van der Waals surface area contributed by atoms with Gasteiger partial charge in [0.15, 0.2) is 11.6 Å². The summed E-state index contributed by atoms with van der Waals surface area (Å²) in [5, 5.41) is 13.0. The monoisotopic (exact) mass is 345 g/mol. The van der Waals surface area contributed by atoms with E-state index in [0.29, 0.717) is 11.1 Å². The van der Waals surface area contributed by atoms with Crippen LogP contribution in [0.2, 0.25) is 0 Å². The van der Waals surface area contributed by atoms with Crippen LogP contribution in [0.3, 0.4) is 0 Å². The molecule has 0 aliphatic carbocycles. The summed E-state index contributed by atoms with van der Waals surface area (Å²) in [6.07, 6.45) is 1.53. The third kappa shape index (κ3) is 4.68. The average molecular weight is 345 g/mol. The molecule has 2 aromatic rings. The molecule has 2 N–H and O–H groups in total. The van der Waals surface area contributed by atoms with Crippen molar-refractivity contribution in [3.8, 4) is 16.9 Å². The molecule has 1 aromatic heterocycles. The third-order valence-corrected chi connectivity index (χ3v) is 3.83. The molecule has 6 heteroatoms. The number of nitrogens with one attached hydrogen (secondary N) is 1. The Bertz CT molecular complexity index is 739. The first-order chi connectivity index (χ1) is 11.8. The molecule has 0 radical (unpaired) electrons. The first-order valence-corrected chi connectivity index (χ1v) is 8.29. The van der Waals surface area contributed by atoms with E-state index >= 15 is 0 Å². The fraction of sp³-hybridized carbons (Fsp3) is 0.368. The zero-order chi connectivity index (χ0) is 18.6. The highest BCUT2D eigenvalue weighted by atomic mass is 19.1. The molecule has 2 rings (SSSR count). The molecule has 0 saturated carbocycles. The van der Waals surface area contributed by atoms with Gasteiger partial charge in [-0.2, -0.15) is 0 Å². The van der Waals surface area contributed by atoms with Crippen molar-refractivity contribution >= 4 is 11.7 Å². The molecule has 0 unspecified atom stereocenters. The van der Waals surface area contributed by atoms with E-state index in [1.165, 1.54) is 24.4 Å². The summed E-state index contributed by atoms with van der Waals surface area (Å²) in [7, 11) is 0. The van der Waals surface area contributed by atoms with Crippen LogP contribution in [0, 0.1) is 5.82 Å². The fourth-order valence-electron chi connectivity index (χ4n) is 2.84. The van der Waals surface area contributed by atoms with Crippen LogP contribution in [0.4, 0.5) is 10.2 Å². The Morgan fingerprint density at radius 2 is 1.88 bits per heavy atom. The zero-order valence-electron chi connectivity index (χ0n) is 15.0. The van der Waals surface area contributed by atoms with Crippen LogP contribution in [0.1, 0.15) is 27.7 Å². The van der Waals surface area contributed by atoms with Gasteiger partial charge in [-0.3, -0.25) is 4.79 Å². The van der Waals surface area contributed by atoms with Crippen molar-refractivity contribution in [2.75, 3.05) is 11.9 Å². The molecule has 0 fully saturated rings. The zero-order valence-corrected chi connectivity index (χ0v) is 15.0. The van der Waals surface area contributed by atoms with Gasteiger partial charge in [-0.05, 0) is 51.5 Å². The van der Waals surface area contributed by atoms with Crippen LogP contribution >= 0.6 is 0 Å². The molecule has 0 bridgehead atoms. The van der Waals surface area contributed by atoms with Crippen LogP contribution in [-0.2, 0) is 4.79 Å². The lowest BCUT2D eigenvalue weighted by Crippen LogP contribution is -2.44. The molecule has 0 atom stereocenters. The molecule has 0 saturated heterocycles. The summed E-state index contributed by atoms with van der Waals surface area (Å²) >= 11 is 0. The average Bonchev–Trinajstić information content (AvgIpc) is 2.53. The van der Waals surface area contributed by atoms with E-state index in [2.05, 4.69) is 10.3 Å². The third-order valence-electron chi connectivity index (χ3n) is 3.83. The van der Waals surface area contributed by atoms with Crippen molar-refractivity contribution in [2.45, 2.75) is 39.8 Å². The van der Waals surface area contributed by atoms with E-state index in [-0.39, 0.29) is 41.9 Å². The minimum atomic E-state index is -0.354. The summed E-state index contributed by atoms with van der Waals surface area (Å²) in [5.41, 5.74) is 1.22. The number of amides is 1. The van der Waals surface area contributed by atoms with Crippen molar-refractivity contribution in [3.05, 3.63) is 42.3 Å². The Kier molecular flexibility index (Phi) is 5.96. The number of pyridine rings is 1. The fourth-order valence-corrected chi connectivity index (χ4v) is 2.84. The highest BCUT2D eigenvalue weighted by Crippen LogP contribution is 2.27. The van der Waals surface area contributed by atoms with Crippen LogP contribution in [-0.4, -0.2) is 39.5 Å². The van der Waals surface area contributed by atoms with Gasteiger partial charge in [0.25, 0.3) is 0 Å². The molecule has 1 heterocycles. The molecule has 25 heavy (non-hydrogen) atoms. The van der Waals surface area contributed by atoms with E-state index in [4.69, 9.17) is 0 Å². The predicted molar refractivity (Wildman–Crippen MR) is 96.9 cm³/mol. The second kappa shape index (κ2) is 7.96. The van der Waals surface area contributed by atoms with E-state index in [9.17, 15) is 14.3 Å². The Labute approximate surface area is 147 Å². The van der Waals surface area contributed by atoms with Gasteiger partial charge in [-0.25, -0.2) is 9.37 Å². The van der Waals surface area contributed by atoms with Gasteiger partial charge in [0.2, 0.25) is 5.91 Å². The van der Waals surface area contributed by atoms with Crippen LogP contribution < -0.4 is 5.32 Å². The van der Waals surface area contributed by atoms with Crippen molar-refractivity contribution in [3.63, 3.8) is 0 Å². The van der Waals surface area contributed by atoms with Crippen molar-refractivity contribution < 1.29 is 14.3 Å². The normalized spacial score (nSPS) is 11.0. The molecule has 1 aromatic carbocycles. The molecule has 1 amide bonds. The lowest BCUT2D eigenvalue weighted by atomic mass is 10.1. The van der Waals surface area contributed by atoms with E-state index in [1.54, 1.807) is 17.0 Å². The Morgan fingerprint density at radius 3 is 2.44 bits per heavy atom. The SMILES string of the molecule is CC(C)N(C(=O)CNc1ncc(-c2cccc(F)c2)cc1O)C(C)C. The molecular formula is C19H24FN3O2. The quantitative estimate of drug-likeness (QED) is 0.839. The molecule has 0 aliphatic rings. The lowest BCUT2D eigenvalue weighted by molar-refractivity contribution is -0.132. The van der Waals surface area contributed by atoms with Gasteiger partial charge in [0, 0.05) is 23.8 Å². The number of anilines is 1. The number of hydrogen-bond acceptors (Lipinski definition) is 4. The van der Waals surface area contributed by atoms with Gasteiger partial charge in [-0.1, -0.05) is 12.1 Å².